The zero-order chi connectivity index (χ0) is 6.85. The molecule has 1 N–H and O–H groups in total. The van der Waals surface area contributed by atoms with Crippen LogP contribution in [0, 0.1) is 5.92 Å². The minimum atomic E-state index is 0.160. The SMILES string of the molecule is CC(C)C[C@H]1O[C@H]1CO. The van der Waals surface area contributed by atoms with Gasteiger partial charge in [-0.1, -0.05) is 13.8 Å². The minimum Gasteiger partial charge on any atom is -0.394 e. The highest BCUT2D eigenvalue weighted by Gasteiger charge is 2.37. The molecule has 0 aromatic heterocycles. The Hall–Kier alpha value is -0.0800. The van der Waals surface area contributed by atoms with Crippen LogP contribution in [0.4, 0.5) is 0 Å². The molecule has 0 amide bonds. The van der Waals surface area contributed by atoms with Crippen LogP contribution in [0.25, 0.3) is 0 Å². The second-order valence-electron chi connectivity index (χ2n) is 3.03. The highest BCUT2D eigenvalue weighted by molar-refractivity contribution is 4.84. The van der Waals surface area contributed by atoms with Crippen LogP contribution in [-0.4, -0.2) is 23.9 Å². The molecule has 1 rings (SSSR count). The van der Waals surface area contributed by atoms with E-state index < -0.39 is 0 Å². The summed E-state index contributed by atoms with van der Waals surface area (Å²) in [5.41, 5.74) is 0. The van der Waals surface area contributed by atoms with Gasteiger partial charge in [-0.25, -0.2) is 0 Å². The van der Waals surface area contributed by atoms with E-state index in [9.17, 15) is 0 Å². The predicted octanol–water partition coefficient (Wildman–Crippen LogP) is 0.792. The second-order valence-corrected chi connectivity index (χ2v) is 3.03. The largest absolute Gasteiger partial charge is 0.394 e. The lowest BCUT2D eigenvalue weighted by molar-refractivity contribution is 0.241. The van der Waals surface area contributed by atoms with Gasteiger partial charge in [0.2, 0.25) is 0 Å². The zero-order valence-corrected chi connectivity index (χ0v) is 6.00. The van der Waals surface area contributed by atoms with Gasteiger partial charge in [-0.3, -0.25) is 0 Å². The third kappa shape index (κ3) is 1.95. The zero-order valence-electron chi connectivity index (χ0n) is 6.00. The quantitative estimate of drug-likeness (QED) is 0.573. The molecule has 0 saturated carbocycles. The number of hydrogen-bond acceptors (Lipinski definition) is 2. The number of aliphatic hydroxyl groups is 1. The first kappa shape index (κ1) is 7.03. The molecule has 9 heavy (non-hydrogen) atoms. The van der Waals surface area contributed by atoms with E-state index in [1.807, 2.05) is 0 Å². The molecule has 0 aliphatic carbocycles. The monoisotopic (exact) mass is 130 g/mol. The van der Waals surface area contributed by atoms with Crippen molar-refractivity contribution in [1.82, 2.24) is 0 Å². The first-order valence-corrected chi connectivity index (χ1v) is 3.50. The Morgan fingerprint density at radius 2 is 2.11 bits per heavy atom. The van der Waals surface area contributed by atoms with Crippen molar-refractivity contribution >= 4 is 0 Å². The van der Waals surface area contributed by atoms with Gasteiger partial charge in [0, 0.05) is 0 Å². The van der Waals surface area contributed by atoms with Gasteiger partial charge in [0.25, 0.3) is 0 Å². The van der Waals surface area contributed by atoms with Crippen LogP contribution in [0.1, 0.15) is 20.3 Å². The summed E-state index contributed by atoms with van der Waals surface area (Å²) >= 11 is 0. The van der Waals surface area contributed by atoms with E-state index in [2.05, 4.69) is 13.8 Å². The van der Waals surface area contributed by atoms with Crippen molar-refractivity contribution < 1.29 is 9.84 Å². The van der Waals surface area contributed by atoms with E-state index in [1.165, 1.54) is 0 Å². The predicted molar refractivity (Wildman–Crippen MR) is 35.2 cm³/mol. The Bertz CT molecular complexity index is 90.9. The molecule has 2 heteroatoms. The molecule has 0 aromatic rings. The molecule has 1 aliphatic heterocycles. The summed E-state index contributed by atoms with van der Waals surface area (Å²) in [6.07, 6.45) is 1.60. The fourth-order valence-corrected chi connectivity index (χ4v) is 1.01. The van der Waals surface area contributed by atoms with Gasteiger partial charge in [0.05, 0.1) is 12.7 Å². The fourth-order valence-electron chi connectivity index (χ4n) is 1.01. The van der Waals surface area contributed by atoms with Crippen LogP contribution < -0.4 is 0 Å². The third-order valence-corrected chi connectivity index (χ3v) is 1.57. The van der Waals surface area contributed by atoms with Gasteiger partial charge in [0.1, 0.15) is 6.10 Å². The summed E-state index contributed by atoms with van der Waals surface area (Å²) in [6.45, 7) is 4.52. The highest BCUT2D eigenvalue weighted by Crippen LogP contribution is 2.27. The molecule has 0 aromatic carbocycles. The summed E-state index contributed by atoms with van der Waals surface area (Å²) in [7, 11) is 0. The maximum Gasteiger partial charge on any atom is 0.107 e. The average Bonchev–Trinajstić information content (AvgIpc) is 2.45. The molecule has 54 valence electrons. The first-order chi connectivity index (χ1) is 4.24. The van der Waals surface area contributed by atoms with Crippen molar-refractivity contribution in [2.24, 2.45) is 5.92 Å². The maximum absolute atomic E-state index is 8.56. The smallest absolute Gasteiger partial charge is 0.107 e. The number of ether oxygens (including phenoxy) is 1. The van der Waals surface area contributed by atoms with Gasteiger partial charge >= 0.3 is 0 Å². The number of epoxide rings is 1. The molecular weight excluding hydrogens is 116 g/mol. The minimum absolute atomic E-state index is 0.160. The van der Waals surface area contributed by atoms with Crippen LogP contribution in [0.2, 0.25) is 0 Å². The molecule has 2 atom stereocenters. The van der Waals surface area contributed by atoms with Crippen molar-refractivity contribution in [3.05, 3.63) is 0 Å². The van der Waals surface area contributed by atoms with Crippen molar-refractivity contribution in [3.63, 3.8) is 0 Å². The fraction of sp³-hybridized carbons (Fsp3) is 1.00. The lowest BCUT2D eigenvalue weighted by Crippen LogP contribution is -2.01. The van der Waals surface area contributed by atoms with Gasteiger partial charge in [-0.15, -0.1) is 0 Å². The lowest BCUT2D eigenvalue weighted by atomic mass is 10.1. The first-order valence-electron chi connectivity index (χ1n) is 3.50. The molecule has 0 spiro atoms. The van der Waals surface area contributed by atoms with Crippen molar-refractivity contribution in [1.29, 1.82) is 0 Å². The number of hydrogen-bond donors (Lipinski definition) is 1. The van der Waals surface area contributed by atoms with E-state index in [0.717, 1.165) is 6.42 Å². The van der Waals surface area contributed by atoms with E-state index in [-0.39, 0.29) is 12.7 Å². The third-order valence-electron chi connectivity index (χ3n) is 1.57. The molecule has 0 bridgehead atoms. The topological polar surface area (TPSA) is 32.8 Å². The van der Waals surface area contributed by atoms with Crippen molar-refractivity contribution in [2.45, 2.75) is 32.5 Å². The molecule has 1 aliphatic rings. The molecule has 2 nitrogen and oxygen atoms in total. The summed E-state index contributed by atoms with van der Waals surface area (Å²) in [5.74, 6) is 0.687. The highest BCUT2D eigenvalue weighted by atomic mass is 16.6. The van der Waals surface area contributed by atoms with E-state index in [1.54, 1.807) is 0 Å². The average molecular weight is 130 g/mol. The summed E-state index contributed by atoms with van der Waals surface area (Å²) in [4.78, 5) is 0. The van der Waals surface area contributed by atoms with E-state index in [4.69, 9.17) is 9.84 Å². The molecule has 1 saturated heterocycles. The lowest BCUT2D eigenvalue weighted by Gasteiger charge is -1.97. The van der Waals surface area contributed by atoms with E-state index >= 15 is 0 Å². The van der Waals surface area contributed by atoms with Crippen LogP contribution in [0.3, 0.4) is 0 Å². The normalized spacial score (nSPS) is 33.3. The standard InChI is InChI=1S/C7H14O2/c1-5(2)3-6-7(4-8)9-6/h5-8H,3-4H2,1-2H3/t6-,7+/m1/s1. The summed E-state index contributed by atoms with van der Waals surface area (Å²) in [6, 6.07) is 0. The Kier molecular flexibility index (Phi) is 2.09. The van der Waals surface area contributed by atoms with Gasteiger partial charge < -0.3 is 9.84 Å². The summed E-state index contributed by atoms with van der Waals surface area (Å²) in [5, 5.41) is 8.56. The van der Waals surface area contributed by atoms with Crippen LogP contribution in [-0.2, 0) is 4.74 Å². The van der Waals surface area contributed by atoms with Gasteiger partial charge in [-0.2, -0.15) is 0 Å². The molecule has 0 radical (unpaired) electrons. The number of aliphatic hydroxyl groups excluding tert-OH is 1. The van der Waals surface area contributed by atoms with Crippen LogP contribution in [0.5, 0.6) is 0 Å². The Morgan fingerprint density at radius 1 is 1.44 bits per heavy atom. The van der Waals surface area contributed by atoms with Crippen LogP contribution in [0.15, 0.2) is 0 Å². The molecule has 1 heterocycles. The maximum atomic E-state index is 8.56. The summed E-state index contributed by atoms with van der Waals surface area (Å²) < 4.78 is 5.13. The molecule has 1 fully saturated rings. The Morgan fingerprint density at radius 3 is 2.44 bits per heavy atom. The molecular formula is C7H14O2. The van der Waals surface area contributed by atoms with Crippen molar-refractivity contribution in [3.8, 4) is 0 Å². The molecule has 0 unspecified atom stereocenters. The van der Waals surface area contributed by atoms with Crippen molar-refractivity contribution in [2.75, 3.05) is 6.61 Å². The van der Waals surface area contributed by atoms with Gasteiger partial charge in [-0.05, 0) is 12.3 Å². The van der Waals surface area contributed by atoms with E-state index in [0.29, 0.717) is 12.0 Å². The Labute approximate surface area is 55.8 Å². The number of rotatable bonds is 3. The van der Waals surface area contributed by atoms with Gasteiger partial charge in [0.15, 0.2) is 0 Å². The second kappa shape index (κ2) is 2.67. The van der Waals surface area contributed by atoms with Crippen LogP contribution >= 0.6 is 0 Å². The Balaban J connectivity index is 2.05.